The minimum absolute atomic E-state index is 0.255. The van der Waals surface area contributed by atoms with E-state index in [0.717, 1.165) is 5.56 Å². The second kappa shape index (κ2) is 9.58. The summed E-state index contributed by atoms with van der Waals surface area (Å²) < 4.78 is 15.6. The van der Waals surface area contributed by atoms with Crippen LogP contribution in [0.15, 0.2) is 42.5 Å². The average molecular weight is 357 g/mol. The first-order valence-corrected chi connectivity index (χ1v) is 8.42. The minimum atomic E-state index is -0.388. The number of anilines is 1. The molecule has 0 radical (unpaired) electrons. The Morgan fingerprint density at radius 3 is 2.27 bits per heavy atom. The van der Waals surface area contributed by atoms with Crippen LogP contribution in [0.5, 0.6) is 5.75 Å². The van der Waals surface area contributed by atoms with Gasteiger partial charge in [-0.1, -0.05) is 0 Å². The molecule has 138 valence electrons. The molecule has 1 N–H and O–H groups in total. The molecule has 0 spiro atoms. The molecule has 0 saturated heterocycles. The molecule has 0 aliphatic heterocycles. The lowest BCUT2D eigenvalue weighted by Gasteiger charge is -2.11. The molecule has 1 amide bonds. The van der Waals surface area contributed by atoms with Crippen LogP contribution >= 0.6 is 0 Å². The number of benzene rings is 2. The summed E-state index contributed by atoms with van der Waals surface area (Å²) in [6.45, 7) is 4.92. The van der Waals surface area contributed by atoms with Crippen molar-refractivity contribution in [3.8, 4) is 5.75 Å². The van der Waals surface area contributed by atoms with Crippen LogP contribution in [0.2, 0.25) is 0 Å². The van der Waals surface area contributed by atoms with Gasteiger partial charge in [0.2, 0.25) is 0 Å². The van der Waals surface area contributed by atoms with E-state index >= 15 is 0 Å². The van der Waals surface area contributed by atoms with Crippen LogP contribution in [0.1, 0.15) is 40.1 Å². The van der Waals surface area contributed by atoms with Gasteiger partial charge >= 0.3 is 5.97 Å². The van der Waals surface area contributed by atoms with Crippen molar-refractivity contribution < 1.29 is 23.8 Å². The van der Waals surface area contributed by atoms with Gasteiger partial charge < -0.3 is 19.5 Å². The van der Waals surface area contributed by atoms with Gasteiger partial charge in [-0.2, -0.15) is 0 Å². The van der Waals surface area contributed by atoms with Gasteiger partial charge in [-0.15, -0.1) is 0 Å². The van der Waals surface area contributed by atoms with E-state index < -0.39 is 0 Å². The Labute approximate surface area is 153 Å². The highest BCUT2D eigenvalue weighted by atomic mass is 16.5. The van der Waals surface area contributed by atoms with E-state index in [-0.39, 0.29) is 11.9 Å². The van der Waals surface area contributed by atoms with Gasteiger partial charge in [0.25, 0.3) is 5.91 Å². The van der Waals surface area contributed by atoms with Crippen molar-refractivity contribution in [3.05, 3.63) is 59.2 Å². The summed E-state index contributed by atoms with van der Waals surface area (Å²) in [6.07, 6.45) is 0. The fourth-order valence-electron chi connectivity index (χ4n) is 2.35. The first-order chi connectivity index (χ1) is 12.6. The van der Waals surface area contributed by atoms with Gasteiger partial charge in [-0.3, -0.25) is 4.79 Å². The van der Waals surface area contributed by atoms with Crippen LogP contribution in [0.4, 0.5) is 5.69 Å². The number of hydrogen-bond acceptors (Lipinski definition) is 5. The summed E-state index contributed by atoms with van der Waals surface area (Å²) in [5.41, 5.74) is 2.33. The highest BCUT2D eigenvalue weighted by molar-refractivity contribution is 6.04. The number of carbonyl (C=O) groups is 2. The number of hydrogen-bond donors (Lipinski definition) is 1. The first kappa shape index (κ1) is 19.5. The summed E-state index contributed by atoms with van der Waals surface area (Å²) in [5.74, 6) is 0.0316. The predicted octanol–water partition coefficient (Wildman–Crippen LogP) is 3.66. The highest BCUT2D eigenvalue weighted by Gasteiger charge is 2.12. The van der Waals surface area contributed by atoms with Crippen LogP contribution in [-0.2, 0) is 16.1 Å². The molecule has 2 aromatic rings. The van der Waals surface area contributed by atoms with E-state index in [1.807, 2.05) is 6.92 Å². The molecular weight excluding hydrogens is 334 g/mol. The lowest BCUT2D eigenvalue weighted by molar-refractivity contribution is 0.0526. The molecule has 0 unspecified atom stereocenters. The number of esters is 1. The van der Waals surface area contributed by atoms with E-state index in [9.17, 15) is 9.59 Å². The molecule has 0 fully saturated rings. The minimum Gasteiger partial charge on any atom is -0.496 e. The zero-order valence-electron chi connectivity index (χ0n) is 15.2. The SMILES string of the molecule is CCOCc1cc(C(=O)Nc2ccc(C(=O)OCC)cc2)ccc1OC. The molecule has 6 nitrogen and oxygen atoms in total. The second-order valence-corrected chi connectivity index (χ2v) is 5.42. The van der Waals surface area contributed by atoms with Crippen molar-refractivity contribution in [3.63, 3.8) is 0 Å². The fraction of sp³-hybridized carbons (Fsp3) is 0.300. The number of carbonyl (C=O) groups excluding carboxylic acids is 2. The van der Waals surface area contributed by atoms with Gasteiger partial charge in [-0.05, 0) is 56.3 Å². The molecular formula is C20H23NO5. The quantitative estimate of drug-likeness (QED) is 0.730. The molecule has 0 aromatic heterocycles. The Hall–Kier alpha value is -2.86. The van der Waals surface area contributed by atoms with Crippen LogP contribution in [-0.4, -0.2) is 32.2 Å². The van der Waals surface area contributed by atoms with Crippen molar-refractivity contribution in [1.82, 2.24) is 0 Å². The van der Waals surface area contributed by atoms with E-state index in [0.29, 0.717) is 42.4 Å². The number of amides is 1. The highest BCUT2D eigenvalue weighted by Crippen LogP contribution is 2.22. The molecule has 2 rings (SSSR count). The van der Waals surface area contributed by atoms with Crippen LogP contribution in [0, 0.1) is 0 Å². The summed E-state index contributed by atoms with van der Waals surface area (Å²) >= 11 is 0. The third-order valence-electron chi connectivity index (χ3n) is 3.66. The standard InChI is InChI=1S/C20H23NO5/c1-4-25-13-16-12-15(8-11-18(16)24-3)19(22)21-17-9-6-14(7-10-17)20(23)26-5-2/h6-12H,4-5,13H2,1-3H3,(H,21,22). The lowest BCUT2D eigenvalue weighted by Crippen LogP contribution is -2.13. The van der Waals surface area contributed by atoms with Crippen molar-refractivity contribution >= 4 is 17.6 Å². The van der Waals surface area contributed by atoms with Gasteiger partial charge in [-0.25, -0.2) is 4.79 Å². The zero-order chi connectivity index (χ0) is 18.9. The fourth-order valence-corrected chi connectivity index (χ4v) is 2.35. The Bertz CT molecular complexity index is 755. The summed E-state index contributed by atoms with van der Waals surface area (Å²) in [5, 5.41) is 2.80. The Morgan fingerprint density at radius 2 is 1.65 bits per heavy atom. The van der Waals surface area contributed by atoms with Gasteiger partial charge in [0, 0.05) is 23.4 Å². The predicted molar refractivity (Wildman–Crippen MR) is 98.7 cm³/mol. The molecule has 0 bridgehead atoms. The molecule has 0 saturated carbocycles. The Morgan fingerprint density at radius 1 is 0.962 bits per heavy atom. The summed E-state index contributed by atoms with van der Waals surface area (Å²) in [6, 6.07) is 11.7. The Kier molecular flexibility index (Phi) is 7.17. The molecule has 2 aromatic carbocycles. The van der Waals surface area contributed by atoms with Crippen molar-refractivity contribution in [1.29, 1.82) is 0 Å². The third kappa shape index (κ3) is 5.07. The van der Waals surface area contributed by atoms with E-state index in [2.05, 4.69) is 5.32 Å². The van der Waals surface area contributed by atoms with Gasteiger partial charge in [0.15, 0.2) is 0 Å². The van der Waals surface area contributed by atoms with Crippen LogP contribution in [0.25, 0.3) is 0 Å². The lowest BCUT2D eigenvalue weighted by atomic mass is 10.1. The maximum Gasteiger partial charge on any atom is 0.338 e. The Balaban J connectivity index is 2.10. The number of nitrogens with one attached hydrogen (secondary N) is 1. The van der Waals surface area contributed by atoms with E-state index in [4.69, 9.17) is 14.2 Å². The number of methoxy groups -OCH3 is 1. The number of ether oxygens (including phenoxy) is 3. The maximum atomic E-state index is 12.5. The second-order valence-electron chi connectivity index (χ2n) is 5.42. The normalized spacial score (nSPS) is 10.3. The van der Waals surface area contributed by atoms with Crippen LogP contribution in [0.3, 0.4) is 0 Å². The van der Waals surface area contributed by atoms with E-state index in [1.165, 1.54) is 0 Å². The van der Waals surface area contributed by atoms with Crippen molar-refractivity contribution in [2.75, 3.05) is 25.6 Å². The molecule has 0 aliphatic carbocycles. The molecule has 26 heavy (non-hydrogen) atoms. The maximum absolute atomic E-state index is 12.5. The van der Waals surface area contributed by atoms with Gasteiger partial charge in [0.1, 0.15) is 5.75 Å². The monoisotopic (exact) mass is 357 g/mol. The first-order valence-electron chi connectivity index (χ1n) is 8.42. The topological polar surface area (TPSA) is 73.9 Å². The van der Waals surface area contributed by atoms with Crippen molar-refractivity contribution in [2.45, 2.75) is 20.5 Å². The molecule has 0 atom stereocenters. The zero-order valence-corrected chi connectivity index (χ0v) is 15.2. The van der Waals surface area contributed by atoms with E-state index in [1.54, 1.807) is 56.5 Å². The van der Waals surface area contributed by atoms with Gasteiger partial charge in [0.05, 0.1) is 25.9 Å². The van der Waals surface area contributed by atoms with Crippen molar-refractivity contribution in [2.24, 2.45) is 0 Å². The number of rotatable bonds is 8. The average Bonchev–Trinajstić information content (AvgIpc) is 2.66. The summed E-state index contributed by atoms with van der Waals surface area (Å²) in [4.78, 5) is 24.1. The molecule has 0 heterocycles. The molecule has 0 aliphatic rings. The molecule has 6 heteroatoms. The smallest absolute Gasteiger partial charge is 0.338 e. The third-order valence-corrected chi connectivity index (χ3v) is 3.66. The summed E-state index contributed by atoms with van der Waals surface area (Å²) in [7, 11) is 1.58. The van der Waals surface area contributed by atoms with Crippen LogP contribution < -0.4 is 10.1 Å². The largest absolute Gasteiger partial charge is 0.496 e.